The van der Waals surface area contributed by atoms with E-state index < -0.39 is 16.2 Å². The molecule has 2 N–H and O–H groups in total. The molecule has 0 aliphatic carbocycles. The molecule has 0 bridgehead atoms. The number of nitrogens with zero attached hydrogens (tertiary/aromatic N) is 3. The first-order chi connectivity index (χ1) is 13.5. The summed E-state index contributed by atoms with van der Waals surface area (Å²) in [6, 6.07) is 9.70. The summed E-state index contributed by atoms with van der Waals surface area (Å²) in [6.45, 7) is 0. The standard InChI is InChI=1S/C18H13N5O5/c1-28-11-4-2-10(3-5-11)14-8-22(9-19-14)15-6-12-13(7-16(15)23(26)27)20-18(25)21-17(12)24/h2-9H,1H3,(H2,20,21,24,25). The highest BCUT2D eigenvalue weighted by Gasteiger charge is 2.19. The predicted octanol–water partition coefficient (Wildman–Crippen LogP) is 1.99. The first kappa shape index (κ1) is 17.2. The molecule has 0 atom stereocenters. The van der Waals surface area contributed by atoms with Gasteiger partial charge in [-0.05, 0) is 30.3 Å². The molecule has 0 spiro atoms. The van der Waals surface area contributed by atoms with E-state index in [-0.39, 0.29) is 22.3 Å². The van der Waals surface area contributed by atoms with Crippen LogP contribution in [0.5, 0.6) is 5.75 Å². The second-order valence-corrected chi connectivity index (χ2v) is 5.95. The molecule has 0 amide bonds. The number of fused-ring (bicyclic) bond motifs is 1. The molecule has 0 unspecified atom stereocenters. The molecule has 2 aromatic heterocycles. The normalized spacial score (nSPS) is 10.9. The van der Waals surface area contributed by atoms with E-state index in [9.17, 15) is 19.7 Å². The number of rotatable bonds is 4. The lowest BCUT2D eigenvalue weighted by atomic mass is 10.1. The fourth-order valence-electron chi connectivity index (χ4n) is 2.91. The fourth-order valence-corrected chi connectivity index (χ4v) is 2.91. The van der Waals surface area contributed by atoms with Gasteiger partial charge in [-0.25, -0.2) is 9.78 Å². The molecule has 0 aliphatic heterocycles. The van der Waals surface area contributed by atoms with Crippen LogP contribution in [0.15, 0.2) is 58.5 Å². The lowest BCUT2D eigenvalue weighted by Gasteiger charge is -2.05. The molecule has 140 valence electrons. The van der Waals surface area contributed by atoms with Gasteiger partial charge in [-0.15, -0.1) is 0 Å². The van der Waals surface area contributed by atoms with Gasteiger partial charge < -0.3 is 9.72 Å². The van der Waals surface area contributed by atoms with Crippen LogP contribution in [-0.4, -0.2) is 31.6 Å². The van der Waals surface area contributed by atoms with Gasteiger partial charge >= 0.3 is 5.69 Å². The van der Waals surface area contributed by atoms with Crippen LogP contribution >= 0.6 is 0 Å². The van der Waals surface area contributed by atoms with Crippen molar-refractivity contribution in [1.82, 2.24) is 19.5 Å². The molecular weight excluding hydrogens is 366 g/mol. The van der Waals surface area contributed by atoms with Gasteiger partial charge in [0, 0.05) is 17.8 Å². The Morgan fingerprint density at radius 3 is 2.57 bits per heavy atom. The summed E-state index contributed by atoms with van der Waals surface area (Å²) >= 11 is 0. The van der Waals surface area contributed by atoms with Crippen LogP contribution < -0.4 is 16.0 Å². The second kappa shape index (κ2) is 6.50. The van der Waals surface area contributed by atoms with Crippen LogP contribution in [0.25, 0.3) is 27.8 Å². The molecule has 10 heteroatoms. The molecule has 10 nitrogen and oxygen atoms in total. The van der Waals surface area contributed by atoms with Crippen LogP contribution in [0.1, 0.15) is 0 Å². The zero-order valence-corrected chi connectivity index (χ0v) is 14.5. The number of nitrogens with one attached hydrogen (secondary N) is 2. The van der Waals surface area contributed by atoms with Crippen LogP contribution in [0.4, 0.5) is 5.69 Å². The SMILES string of the molecule is COc1ccc(-c2cn(-c3cc4c(=O)[nH]c(=O)[nH]c4cc3[N+](=O)[O-])cn2)cc1. The summed E-state index contributed by atoms with van der Waals surface area (Å²) in [4.78, 5) is 43.3. The van der Waals surface area contributed by atoms with Crippen molar-refractivity contribution in [3.63, 3.8) is 0 Å². The van der Waals surface area contributed by atoms with Crippen molar-refractivity contribution in [3.05, 3.63) is 79.9 Å². The van der Waals surface area contributed by atoms with E-state index in [0.29, 0.717) is 11.4 Å². The molecule has 2 aromatic carbocycles. The van der Waals surface area contributed by atoms with Gasteiger partial charge in [-0.1, -0.05) is 0 Å². The smallest absolute Gasteiger partial charge is 0.326 e. The number of H-pyrrole nitrogens is 2. The number of benzene rings is 2. The van der Waals surface area contributed by atoms with Gasteiger partial charge in [0.25, 0.3) is 11.2 Å². The number of nitro benzene ring substituents is 1. The molecule has 0 saturated heterocycles. The summed E-state index contributed by atoms with van der Waals surface area (Å²) in [7, 11) is 1.57. The van der Waals surface area contributed by atoms with Gasteiger partial charge in [-0.3, -0.25) is 24.5 Å². The summed E-state index contributed by atoms with van der Waals surface area (Å²) < 4.78 is 6.58. The van der Waals surface area contributed by atoms with Crippen molar-refractivity contribution in [2.24, 2.45) is 0 Å². The van der Waals surface area contributed by atoms with Crippen LogP contribution in [0, 0.1) is 10.1 Å². The number of imidazole rings is 1. The van der Waals surface area contributed by atoms with Gasteiger partial charge in [0.2, 0.25) is 0 Å². The van der Waals surface area contributed by atoms with Crippen molar-refractivity contribution in [3.8, 4) is 22.7 Å². The average Bonchev–Trinajstić information content (AvgIpc) is 3.17. The molecule has 0 aliphatic rings. The van der Waals surface area contributed by atoms with E-state index in [1.807, 2.05) is 12.1 Å². The Labute approximate surface area is 156 Å². The number of hydrogen-bond acceptors (Lipinski definition) is 6. The minimum absolute atomic E-state index is 0.0830. The van der Waals surface area contributed by atoms with E-state index in [2.05, 4.69) is 15.0 Å². The molecule has 0 saturated carbocycles. The average molecular weight is 379 g/mol. The maximum Gasteiger partial charge on any atom is 0.326 e. The number of ether oxygens (including phenoxy) is 1. The fraction of sp³-hybridized carbons (Fsp3) is 0.0556. The van der Waals surface area contributed by atoms with E-state index in [1.54, 1.807) is 25.4 Å². The largest absolute Gasteiger partial charge is 0.497 e. The lowest BCUT2D eigenvalue weighted by molar-refractivity contribution is -0.384. The van der Waals surface area contributed by atoms with Crippen molar-refractivity contribution in [2.75, 3.05) is 7.11 Å². The summed E-state index contributed by atoms with van der Waals surface area (Å²) in [5, 5.41) is 11.7. The quantitative estimate of drug-likeness (QED) is 0.411. The number of aromatic amines is 2. The molecule has 2 heterocycles. The van der Waals surface area contributed by atoms with Crippen molar-refractivity contribution >= 4 is 16.6 Å². The Balaban J connectivity index is 1.87. The van der Waals surface area contributed by atoms with E-state index in [0.717, 1.165) is 11.6 Å². The van der Waals surface area contributed by atoms with Crippen molar-refractivity contribution in [2.45, 2.75) is 0 Å². The maximum absolute atomic E-state index is 12.1. The highest BCUT2D eigenvalue weighted by atomic mass is 16.6. The van der Waals surface area contributed by atoms with E-state index in [4.69, 9.17) is 4.74 Å². The maximum atomic E-state index is 12.1. The number of hydrogen-bond donors (Lipinski definition) is 2. The molecule has 4 aromatic rings. The molecule has 0 radical (unpaired) electrons. The first-order valence-electron chi connectivity index (χ1n) is 8.10. The third-order valence-corrected chi connectivity index (χ3v) is 4.28. The third kappa shape index (κ3) is 2.92. The summed E-state index contributed by atoms with van der Waals surface area (Å²) in [5.41, 5.74) is -0.0126. The van der Waals surface area contributed by atoms with Gasteiger partial charge in [-0.2, -0.15) is 0 Å². The Morgan fingerprint density at radius 2 is 1.89 bits per heavy atom. The molecule has 0 fully saturated rings. The highest BCUT2D eigenvalue weighted by Crippen LogP contribution is 2.28. The number of nitro groups is 1. The van der Waals surface area contributed by atoms with Gasteiger partial charge in [0.05, 0.1) is 28.6 Å². The minimum atomic E-state index is -0.732. The van der Waals surface area contributed by atoms with E-state index in [1.165, 1.54) is 17.0 Å². The Kier molecular flexibility index (Phi) is 4.00. The van der Waals surface area contributed by atoms with Crippen molar-refractivity contribution < 1.29 is 9.66 Å². The topological polar surface area (TPSA) is 136 Å². The zero-order chi connectivity index (χ0) is 19.8. The molecular formula is C18H13N5O5. The highest BCUT2D eigenvalue weighted by molar-refractivity contribution is 5.84. The van der Waals surface area contributed by atoms with Gasteiger partial charge in [0.15, 0.2) is 0 Å². The predicted molar refractivity (Wildman–Crippen MR) is 101 cm³/mol. The summed E-state index contributed by atoms with van der Waals surface area (Å²) in [6.07, 6.45) is 3.05. The second-order valence-electron chi connectivity index (χ2n) is 5.95. The Bertz CT molecular complexity index is 1320. The molecule has 4 rings (SSSR count). The van der Waals surface area contributed by atoms with Crippen LogP contribution in [0.3, 0.4) is 0 Å². The van der Waals surface area contributed by atoms with E-state index >= 15 is 0 Å². The monoisotopic (exact) mass is 379 g/mol. The van der Waals surface area contributed by atoms with Crippen molar-refractivity contribution in [1.29, 1.82) is 0 Å². The van der Waals surface area contributed by atoms with Gasteiger partial charge in [0.1, 0.15) is 17.8 Å². The lowest BCUT2D eigenvalue weighted by Crippen LogP contribution is -2.22. The third-order valence-electron chi connectivity index (χ3n) is 4.28. The molecule has 28 heavy (non-hydrogen) atoms. The van der Waals surface area contributed by atoms with Crippen LogP contribution in [-0.2, 0) is 0 Å². The first-order valence-corrected chi connectivity index (χ1v) is 8.10. The number of aromatic nitrogens is 4. The zero-order valence-electron chi connectivity index (χ0n) is 14.5. The Hall–Kier alpha value is -4.21. The Morgan fingerprint density at radius 1 is 1.14 bits per heavy atom. The summed E-state index contributed by atoms with van der Waals surface area (Å²) in [5.74, 6) is 0.696. The van der Waals surface area contributed by atoms with Crippen LogP contribution in [0.2, 0.25) is 0 Å². The minimum Gasteiger partial charge on any atom is -0.497 e. The number of methoxy groups -OCH3 is 1.